The number of carbonyl (C=O) groups is 1. The fraction of sp³-hybridized carbons (Fsp3) is 0.667. The lowest BCUT2D eigenvalue weighted by Gasteiger charge is -2.35. The van der Waals surface area contributed by atoms with Crippen molar-refractivity contribution < 1.29 is 9.21 Å². The van der Waals surface area contributed by atoms with Crippen molar-refractivity contribution in [1.82, 2.24) is 15.5 Å². The van der Waals surface area contributed by atoms with Crippen molar-refractivity contribution in [1.29, 1.82) is 0 Å². The summed E-state index contributed by atoms with van der Waals surface area (Å²) in [5.41, 5.74) is 0. The molecular weight excluding hydrogens is 254 g/mol. The van der Waals surface area contributed by atoms with E-state index in [1.165, 1.54) is 19.3 Å². The minimum Gasteiger partial charge on any atom is -0.467 e. The lowest BCUT2D eigenvalue weighted by atomic mass is 10.0. The Kier molecular flexibility index (Phi) is 5.61. The molecule has 1 amide bonds. The van der Waals surface area contributed by atoms with E-state index in [-0.39, 0.29) is 11.9 Å². The highest BCUT2D eigenvalue weighted by Gasteiger charge is 2.24. The minimum atomic E-state index is -0.0787. The molecule has 5 heteroatoms. The van der Waals surface area contributed by atoms with Crippen LogP contribution in [0.1, 0.15) is 38.0 Å². The molecule has 1 fully saturated rings. The van der Waals surface area contributed by atoms with Gasteiger partial charge in [-0.3, -0.25) is 9.69 Å². The molecule has 0 aromatic carbocycles. The van der Waals surface area contributed by atoms with Crippen molar-refractivity contribution in [2.75, 3.05) is 26.7 Å². The number of nitrogens with one attached hydrogen (secondary N) is 2. The average molecular weight is 279 g/mol. The molecule has 1 aromatic rings. The van der Waals surface area contributed by atoms with Crippen molar-refractivity contribution in [3.8, 4) is 0 Å². The number of likely N-dealkylation sites (tertiary alicyclic amines) is 1. The Morgan fingerprint density at radius 2 is 2.40 bits per heavy atom. The van der Waals surface area contributed by atoms with Gasteiger partial charge in [0.2, 0.25) is 5.91 Å². The van der Waals surface area contributed by atoms with Gasteiger partial charge in [0.25, 0.3) is 0 Å². The van der Waals surface area contributed by atoms with Crippen molar-refractivity contribution in [2.45, 2.75) is 38.3 Å². The van der Waals surface area contributed by atoms with Crippen LogP contribution in [0, 0.1) is 0 Å². The van der Waals surface area contributed by atoms with Crippen LogP contribution >= 0.6 is 0 Å². The molecule has 2 N–H and O–H groups in total. The predicted molar refractivity (Wildman–Crippen MR) is 78.4 cm³/mol. The smallest absolute Gasteiger partial charge is 0.234 e. The Morgan fingerprint density at radius 3 is 3.10 bits per heavy atom. The zero-order chi connectivity index (χ0) is 14.4. The zero-order valence-electron chi connectivity index (χ0n) is 12.4. The first kappa shape index (κ1) is 15.1. The van der Waals surface area contributed by atoms with Crippen LogP contribution in [-0.2, 0) is 4.79 Å². The highest BCUT2D eigenvalue weighted by molar-refractivity contribution is 5.78. The summed E-state index contributed by atoms with van der Waals surface area (Å²) in [5, 5.41) is 6.21. The van der Waals surface area contributed by atoms with E-state index in [1.807, 2.05) is 26.1 Å². The lowest BCUT2D eigenvalue weighted by molar-refractivity contribution is -0.123. The van der Waals surface area contributed by atoms with Crippen LogP contribution in [0.5, 0.6) is 0 Å². The quantitative estimate of drug-likeness (QED) is 0.829. The number of hydrogen-bond donors (Lipinski definition) is 2. The fourth-order valence-electron chi connectivity index (χ4n) is 2.82. The van der Waals surface area contributed by atoms with Crippen LogP contribution in [0.2, 0.25) is 0 Å². The van der Waals surface area contributed by atoms with Crippen molar-refractivity contribution in [3.05, 3.63) is 24.2 Å². The van der Waals surface area contributed by atoms with E-state index in [4.69, 9.17) is 4.42 Å². The number of piperidine rings is 1. The number of hydrogen-bond acceptors (Lipinski definition) is 4. The Labute approximate surface area is 120 Å². The van der Waals surface area contributed by atoms with Crippen molar-refractivity contribution >= 4 is 5.91 Å². The van der Waals surface area contributed by atoms with E-state index < -0.39 is 0 Å². The summed E-state index contributed by atoms with van der Waals surface area (Å²) in [6.07, 6.45) is 5.24. The molecule has 1 aliphatic rings. The monoisotopic (exact) mass is 279 g/mol. The molecule has 0 bridgehead atoms. The van der Waals surface area contributed by atoms with E-state index in [1.54, 1.807) is 6.26 Å². The maximum absolute atomic E-state index is 12.2. The summed E-state index contributed by atoms with van der Waals surface area (Å²) < 4.78 is 5.31. The van der Waals surface area contributed by atoms with Gasteiger partial charge in [-0.2, -0.15) is 0 Å². The largest absolute Gasteiger partial charge is 0.467 e. The van der Waals surface area contributed by atoms with Gasteiger partial charge in [0, 0.05) is 12.6 Å². The van der Waals surface area contributed by atoms with Gasteiger partial charge < -0.3 is 15.1 Å². The Hall–Kier alpha value is -1.33. The Balaban J connectivity index is 1.83. The molecule has 1 aliphatic heterocycles. The number of rotatable bonds is 6. The minimum absolute atomic E-state index is 0.0666. The van der Waals surface area contributed by atoms with E-state index >= 15 is 0 Å². The normalized spacial score (nSPS) is 21.6. The maximum atomic E-state index is 12.2. The van der Waals surface area contributed by atoms with E-state index in [0.29, 0.717) is 12.6 Å². The first-order chi connectivity index (χ1) is 9.70. The van der Waals surface area contributed by atoms with Gasteiger partial charge in [-0.15, -0.1) is 0 Å². The van der Waals surface area contributed by atoms with Crippen LogP contribution < -0.4 is 10.6 Å². The van der Waals surface area contributed by atoms with E-state index in [0.717, 1.165) is 18.8 Å². The number of amides is 1. The zero-order valence-corrected chi connectivity index (χ0v) is 12.4. The van der Waals surface area contributed by atoms with Gasteiger partial charge in [-0.25, -0.2) is 0 Å². The molecule has 0 spiro atoms. The Bertz CT molecular complexity index is 403. The van der Waals surface area contributed by atoms with Gasteiger partial charge in [0.15, 0.2) is 0 Å². The van der Waals surface area contributed by atoms with Crippen LogP contribution in [0.3, 0.4) is 0 Å². The van der Waals surface area contributed by atoms with Gasteiger partial charge in [-0.1, -0.05) is 6.42 Å². The van der Waals surface area contributed by atoms with Crippen LogP contribution in [0.15, 0.2) is 22.8 Å². The second-order valence-corrected chi connectivity index (χ2v) is 5.48. The average Bonchev–Trinajstić information content (AvgIpc) is 2.95. The number of furan rings is 1. The first-order valence-electron chi connectivity index (χ1n) is 7.42. The molecule has 0 saturated carbocycles. The number of nitrogens with zero attached hydrogens (tertiary/aromatic N) is 1. The van der Waals surface area contributed by atoms with Crippen LogP contribution in [-0.4, -0.2) is 43.5 Å². The van der Waals surface area contributed by atoms with E-state index in [9.17, 15) is 4.79 Å². The second-order valence-electron chi connectivity index (χ2n) is 5.48. The van der Waals surface area contributed by atoms with Crippen LogP contribution in [0.25, 0.3) is 0 Å². The van der Waals surface area contributed by atoms with Gasteiger partial charge in [-0.05, 0) is 45.5 Å². The van der Waals surface area contributed by atoms with Gasteiger partial charge in [0.05, 0.1) is 18.8 Å². The molecule has 2 rings (SSSR count). The SMILES string of the molecule is CNCC1CCCCN1CC(=O)NC(C)c1ccco1. The second kappa shape index (κ2) is 7.45. The van der Waals surface area contributed by atoms with Crippen molar-refractivity contribution in [3.63, 3.8) is 0 Å². The standard InChI is InChI=1S/C15H25N3O2/c1-12(14-7-5-9-20-14)17-15(19)11-18-8-4-3-6-13(18)10-16-2/h5,7,9,12-13,16H,3-4,6,8,10-11H2,1-2H3,(H,17,19). The summed E-state index contributed by atoms with van der Waals surface area (Å²) in [5.74, 6) is 0.862. The molecule has 2 atom stereocenters. The topological polar surface area (TPSA) is 57.5 Å². The molecular formula is C15H25N3O2. The Morgan fingerprint density at radius 1 is 1.55 bits per heavy atom. The number of carbonyl (C=O) groups excluding carboxylic acids is 1. The third-order valence-corrected chi connectivity index (χ3v) is 3.88. The molecule has 5 nitrogen and oxygen atoms in total. The summed E-state index contributed by atoms with van der Waals surface area (Å²) in [6.45, 7) is 4.37. The predicted octanol–water partition coefficient (Wildman–Crippen LogP) is 1.53. The third-order valence-electron chi connectivity index (χ3n) is 3.88. The summed E-state index contributed by atoms with van der Waals surface area (Å²) in [7, 11) is 1.96. The number of likely N-dealkylation sites (N-methyl/N-ethyl adjacent to an activating group) is 1. The molecule has 2 unspecified atom stereocenters. The van der Waals surface area contributed by atoms with Gasteiger partial charge in [0.1, 0.15) is 5.76 Å². The molecule has 2 heterocycles. The molecule has 0 radical (unpaired) electrons. The summed E-state index contributed by atoms with van der Waals surface area (Å²) >= 11 is 0. The van der Waals surface area contributed by atoms with E-state index in [2.05, 4.69) is 15.5 Å². The highest BCUT2D eigenvalue weighted by atomic mass is 16.3. The fourth-order valence-corrected chi connectivity index (χ4v) is 2.82. The third kappa shape index (κ3) is 4.08. The molecule has 0 aliphatic carbocycles. The van der Waals surface area contributed by atoms with Crippen molar-refractivity contribution in [2.24, 2.45) is 0 Å². The molecule has 1 saturated heterocycles. The van der Waals surface area contributed by atoms with Gasteiger partial charge >= 0.3 is 0 Å². The first-order valence-corrected chi connectivity index (χ1v) is 7.42. The summed E-state index contributed by atoms with van der Waals surface area (Å²) in [6, 6.07) is 4.12. The van der Waals surface area contributed by atoms with Crippen LogP contribution in [0.4, 0.5) is 0 Å². The molecule has 112 valence electrons. The lowest BCUT2D eigenvalue weighted by Crippen LogP contribution is -2.49. The molecule has 20 heavy (non-hydrogen) atoms. The highest BCUT2D eigenvalue weighted by Crippen LogP contribution is 2.17. The molecule has 1 aromatic heterocycles. The maximum Gasteiger partial charge on any atom is 0.234 e. The summed E-state index contributed by atoms with van der Waals surface area (Å²) in [4.78, 5) is 14.4.